The molecule has 0 unspecified atom stereocenters. The Balaban J connectivity index is 1.42. The third-order valence-corrected chi connectivity index (χ3v) is 9.54. The van der Waals surface area contributed by atoms with Crippen LogP contribution in [0.1, 0.15) is 25.0 Å². The fourth-order valence-corrected chi connectivity index (χ4v) is 7.59. The lowest BCUT2D eigenvalue weighted by atomic mass is 9.81. The summed E-state index contributed by atoms with van der Waals surface area (Å²) in [6.45, 7) is 4.71. The van der Waals surface area contributed by atoms with Crippen molar-refractivity contribution < 1.29 is 4.42 Å². The molecule has 4 heterocycles. The minimum absolute atomic E-state index is 0.192. The largest absolute Gasteiger partial charge is 0.436 e. The molecule has 0 aliphatic heterocycles. The lowest BCUT2D eigenvalue weighted by molar-refractivity contribution is 0.637. The predicted octanol–water partition coefficient (Wildman–Crippen LogP) is 9.70. The maximum atomic E-state index is 6.42. The third kappa shape index (κ3) is 2.93. The van der Waals surface area contributed by atoms with Crippen LogP contribution >= 0.6 is 0 Å². The Morgan fingerprint density at radius 1 is 0.682 bits per heavy atom. The molecule has 0 radical (unpaired) electrons. The second-order valence-corrected chi connectivity index (χ2v) is 12.3. The predicted molar refractivity (Wildman–Crippen MR) is 178 cm³/mol. The van der Waals surface area contributed by atoms with E-state index in [2.05, 4.69) is 115 Å². The Kier molecular flexibility index (Phi) is 4.46. The zero-order chi connectivity index (χ0) is 29.2. The highest BCUT2D eigenvalue weighted by Crippen LogP contribution is 2.53. The van der Waals surface area contributed by atoms with E-state index in [0.29, 0.717) is 5.71 Å². The van der Waals surface area contributed by atoms with E-state index in [-0.39, 0.29) is 5.41 Å². The van der Waals surface area contributed by atoms with Gasteiger partial charge in [-0.15, -0.1) is 0 Å². The van der Waals surface area contributed by atoms with Crippen molar-refractivity contribution in [2.45, 2.75) is 19.3 Å². The lowest BCUT2D eigenvalue weighted by Crippen LogP contribution is -2.16. The van der Waals surface area contributed by atoms with Crippen LogP contribution in [0, 0.1) is 0 Å². The Morgan fingerprint density at radius 2 is 1.43 bits per heavy atom. The molecule has 0 amide bonds. The van der Waals surface area contributed by atoms with E-state index in [0.717, 1.165) is 44.6 Å². The van der Waals surface area contributed by atoms with E-state index in [1.165, 1.54) is 38.5 Å². The summed E-state index contributed by atoms with van der Waals surface area (Å²) in [5.41, 5.74) is 13.3. The quantitative estimate of drug-likeness (QED) is 0.209. The molecule has 5 aromatic carbocycles. The van der Waals surface area contributed by atoms with Gasteiger partial charge in [-0.1, -0.05) is 111 Å². The first-order valence-electron chi connectivity index (χ1n) is 15.0. The number of furan rings is 1. The van der Waals surface area contributed by atoms with Gasteiger partial charge >= 0.3 is 0 Å². The highest BCUT2D eigenvalue weighted by atomic mass is 16.3. The minimum Gasteiger partial charge on any atom is -0.436 e. The van der Waals surface area contributed by atoms with E-state index < -0.39 is 0 Å². The van der Waals surface area contributed by atoms with E-state index in [4.69, 9.17) is 14.5 Å². The highest BCUT2D eigenvalue weighted by Gasteiger charge is 2.38. The maximum Gasteiger partial charge on any atom is 0.249 e. The number of imidazole rings is 1. The van der Waals surface area contributed by atoms with Gasteiger partial charge in [-0.25, -0.2) is 4.98 Å². The first kappa shape index (κ1) is 23.8. The molecule has 0 spiro atoms. The molecule has 0 atom stereocenters. The smallest absolute Gasteiger partial charge is 0.249 e. The number of rotatable bonds is 2. The van der Waals surface area contributed by atoms with Gasteiger partial charge in [0, 0.05) is 27.1 Å². The van der Waals surface area contributed by atoms with Crippen molar-refractivity contribution >= 4 is 49.7 Å². The van der Waals surface area contributed by atoms with E-state index >= 15 is 0 Å². The van der Waals surface area contributed by atoms with Crippen LogP contribution in [0.3, 0.4) is 0 Å². The van der Waals surface area contributed by atoms with E-state index in [1.807, 2.05) is 28.8 Å². The van der Waals surface area contributed by atoms with Crippen LogP contribution in [-0.4, -0.2) is 19.2 Å². The molecule has 5 nitrogen and oxygen atoms in total. The zero-order valence-corrected chi connectivity index (χ0v) is 24.2. The number of hydrogen-bond acceptors (Lipinski definition) is 3. The SMILES string of the molecule is CC1(C)c2ccccc2-c2ccc3c4ccccc4n(-c4cc(-c5ccccc5)nn5c4nc4c6ccccc6oc45)c3c21. The van der Waals surface area contributed by atoms with Gasteiger partial charge in [-0.05, 0) is 46.5 Å². The van der Waals surface area contributed by atoms with Gasteiger partial charge in [-0.3, -0.25) is 0 Å². The van der Waals surface area contributed by atoms with Gasteiger partial charge in [0.1, 0.15) is 11.1 Å². The Morgan fingerprint density at radius 3 is 2.32 bits per heavy atom. The monoisotopic (exact) mass is 566 g/mol. The fourth-order valence-electron chi connectivity index (χ4n) is 7.59. The summed E-state index contributed by atoms with van der Waals surface area (Å²) in [4.78, 5) is 5.26. The Bertz CT molecular complexity index is 2640. The number of para-hydroxylation sites is 2. The van der Waals surface area contributed by atoms with Gasteiger partial charge in [0.2, 0.25) is 5.71 Å². The first-order valence-corrected chi connectivity index (χ1v) is 15.0. The molecule has 9 aromatic rings. The average molecular weight is 567 g/mol. The Hall–Kier alpha value is -5.68. The number of nitrogens with zero attached hydrogens (tertiary/aromatic N) is 4. The van der Waals surface area contributed by atoms with Crippen molar-refractivity contribution in [1.29, 1.82) is 0 Å². The summed E-state index contributed by atoms with van der Waals surface area (Å²) in [6.07, 6.45) is 0. The molecule has 10 rings (SSSR count). The molecule has 44 heavy (non-hydrogen) atoms. The van der Waals surface area contributed by atoms with Crippen LogP contribution in [0.25, 0.3) is 77.7 Å². The van der Waals surface area contributed by atoms with Gasteiger partial charge < -0.3 is 8.98 Å². The standard InChI is InChI=1S/C39H26N4O/c1-39(2)29-17-9-6-14-24(29)26-20-21-27-25-15-7-10-18-31(25)42(36(27)34(26)39)32-22-30(23-12-4-3-5-13-23)41-43-37(32)40-35-28-16-8-11-19-33(28)44-38(35)43/h3-22H,1-2H3. The fraction of sp³-hybridized carbons (Fsp3) is 0.0769. The molecule has 0 saturated heterocycles. The van der Waals surface area contributed by atoms with Crippen LogP contribution in [0.2, 0.25) is 0 Å². The summed E-state index contributed by atoms with van der Waals surface area (Å²) in [5, 5.41) is 8.58. The van der Waals surface area contributed by atoms with Gasteiger partial charge in [0.25, 0.3) is 0 Å². The summed E-state index contributed by atoms with van der Waals surface area (Å²) in [7, 11) is 0. The second kappa shape index (κ2) is 8.23. The molecule has 208 valence electrons. The topological polar surface area (TPSA) is 48.3 Å². The summed E-state index contributed by atoms with van der Waals surface area (Å²) < 4.78 is 10.7. The van der Waals surface area contributed by atoms with Crippen LogP contribution in [-0.2, 0) is 5.41 Å². The summed E-state index contributed by atoms with van der Waals surface area (Å²) in [6, 6.07) is 42.8. The molecule has 0 N–H and O–H groups in total. The highest BCUT2D eigenvalue weighted by molar-refractivity contribution is 6.14. The Labute approximate surface area is 252 Å². The zero-order valence-electron chi connectivity index (χ0n) is 24.2. The van der Waals surface area contributed by atoms with Gasteiger partial charge in [0.15, 0.2) is 5.65 Å². The number of aromatic nitrogens is 4. The van der Waals surface area contributed by atoms with Crippen molar-refractivity contribution in [1.82, 2.24) is 19.2 Å². The van der Waals surface area contributed by atoms with Crippen molar-refractivity contribution in [2.75, 3.05) is 0 Å². The van der Waals surface area contributed by atoms with E-state index in [9.17, 15) is 0 Å². The first-order chi connectivity index (χ1) is 21.6. The van der Waals surface area contributed by atoms with Crippen LogP contribution < -0.4 is 0 Å². The molecule has 1 aliphatic rings. The molecule has 0 bridgehead atoms. The molecule has 1 aliphatic carbocycles. The van der Waals surface area contributed by atoms with Crippen molar-refractivity contribution in [3.05, 3.63) is 132 Å². The number of hydrogen-bond donors (Lipinski definition) is 0. The third-order valence-electron chi connectivity index (χ3n) is 9.54. The van der Waals surface area contributed by atoms with Crippen molar-refractivity contribution in [3.63, 3.8) is 0 Å². The van der Waals surface area contributed by atoms with Gasteiger partial charge in [0.05, 0.1) is 22.4 Å². The van der Waals surface area contributed by atoms with Crippen LogP contribution in [0.5, 0.6) is 0 Å². The number of fused-ring (bicyclic) bond motifs is 12. The second-order valence-electron chi connectivity index (χ2n) is 12.3. The van der Waals surface area contributed by atoms with Gasteiger partial charge in [-0.2, -0.15) is 9.61 Å². The lowest BCUT2D eigenvalue weighted by Gasteiger charge is -2.23. The minimum atomic E-state index is -0.192. The molecule has 5 heteroatoms. The van der Waals surface area contributed by atoms with Crippen molar-refractivity contribution in [3.8, 4) is 28.1 Å². The summed E-state index contributed by atoms with van der Waals surface area (Å²) >= 11 is 0. The van der Waals surface area contributed by atoms with E-state index in [1.54, 1.807) is 0 Å². The van der Waals surface area contributed by atoms with Crippen molar-refractivity contribution in [2.24, 2.45) is 0 Å². The van der Waals surface area contributed by atoms with Crippen LogP contribution in [0.15, 0.2) is 126 Å². The molecule has 0 fully saturated rings. The normalized spacial score (nSPS) is 13.9. The molecule has 0 saturated carbocycles. The molecular formula is C39H26N4O. The molecule has 4 aromatic heterocycles. The molecular weight excluding hydrogens is 540 g/mol. The number of benzene rings is 5. The summed E-state index contributed by atoms with van der Waals surface area (Å²) in [5.74, 6) is 0. The average Bonchev–Trinajstić information content (AvgIpc) is 3.77. The van der Waals surface area contributed by atoms with Crippen LogP contribution in [0.4, 0.5) is 0 Å². The maximum absolute atomic E-state index is 6.42.